The number of nitrogens with one attached hydrogen (secondary N) is 1. The SMILES string of the molecule is NNC(c1ccccc1)c1cnc2ccccc2n1. The normalized spacial score (nSPS) is 12.5. The highest BCUT2D eigenvalue weighted by Crippen LogP contribution is 2.20. The first kappa shape index (κ1) is 11.8. The zero-order valence-corrected chi connectivity index (χ0v) is 10.3. The van der Waals surface area contributed by atoms with Crippen molar-refractivity contribution in [1.82, 2.24) is 15.4 Å². The zero-order chi connectivity index (χ0) is 13.1. The minimum atomic E-state index is -0.154. The first-order valence-electron chi connectivity index (χ1n) is 6.11. The lowest BCUT2D eigenvalue weighted by Crippen LogP contribution is -2.29. The van der Waals surface area contributed by atoms with Crippen LogP contribution in [0.2, 0.25) is 0 Å². The van der Waals surface area contributed by atoms with Crippen molar-refractivity contribution in [3.05, 3.63) is 72.1 Å². The number of benzene rings is 2. The minimum absolute atomic E-state index is 0.154. The Morgan fingerprint density at radius 3 is 2.32 bits per heavy atom. The van der Waals surface area contributed by atoms with Crippen molar-refractivity contribution in [3.8, 4) is 0 Å². The Kier molecular flexibility index (Phi) is 3.18. The van der Waals surface area contributed by atoms with Crippen LogP contribution >= 0.6 is 0 Å². The van der Waals surface area contributed by atoms with Crippen LogP contribution in [-0.4, -0.2) is 9.97 Å². The van der Waals surface area contributed by atoms with Gasteiger partial charge in [0, 0.05) is 0 Å². The number of rotatable bonds is 3. The molecular formula is C15H14N4. The molecule has 1 aromatic heterocycles. The van der Waals surface area contributed by atoms with Crippen molar-refractivity contribution >= 4 is 11.0 Å². The first-order valence-corrected chi connectivity index (χ1v) is 6.11. The van der Waals surface area contributed by atoms with Crippen LogP contribution < -0.4 is 11.3 Å². The summed E-state index contributed by atoms with van der Waals surface area (Å²) in [5.41, 5.74) is 6.43. The Morgan fingerprint density at radius 1 is 0.895 bits per heavy atom. The standard InChI is InChI=1S/C15H14N4/c16-19-15(11-6-2-1-3-7-11)14-10-17-12-8-4-5-9-13(12)18-14/h1-10,15,19H,16H2. The topological polar surface area (TPSA) is 63.8 Å². The third-order valence-corrected chi connectivity index (χ3v) is 3.06. The molecule has 1 heterocycles. The molecule has 0 saturated heterocycles. The van der Waals surface area contributed by atoms with E-state index in [2.05, 4.69) is 15.4 Å². The Bertz CT molecular complexity index is 682. The van der Waals surface area contributed by atoms with Crippen LogP contribution in [0.4, 0.5) is 0 Å². The third kappa shape index (κ3) is 2.31. The Balaban J connectivity index is 2.06. The van der Waals surface area contributed by atoms with E-state index in [1.807, 2.05) is 54.6 Å². The number of para-hydroxylation sites is 2. The summed E-state index contributed by atoms with van der Waals surface area (Å²) in [5.74, 6) is 5.66. The van der Waals surface area contributed by atoms with E-state index < -0.39 is 0 Å². The molecule has 0 spiro atoms. The van der Waals surface area contributed by atoms with Crippen molar-refractivity contribution in [2.45, 2.75) is 6.04 Å². The van der Waals surface area contributed by atoms with Crippen LogP contribution in [0.15, 0.2) is 60.8 Å². The molecule has 4 heteroatoms. The second-order valence-corrected chi connectivity index (χ2v) is 4.29. The van der Waals surface area contributed by atoms with Gasteiger partial charge in [-0.15, -0.1) is 0 Å². The average Bonchev–Trinajstić information content (AvgIpc) is 2.49. The predicted octanol–water partition coefficient (Wildman–Crippen LogP) is 2.18. The van der Waals surface area contributed by atoms with Crippen molar-refractivity contribution in [2.24, 2.45) is 5.84 Å². The molecule has 0 aliphatic heterocycles. The summed E-state index contributed by atoms with van der Waals surface area (Å²) >= 11 is 0. The number of nitrogens with two attached hydrogens (primary N) is 1. The van der Waals surface area contributed by atoms with Crippen LogP contribution in [0.1, 0.15) is 17.3 Å². The molecule has 0 aliphatic rings. The molecule has 0 fully saturated rings. The quantitative estimate of drug-likeness (QED) is 0.552. The van der Waals surface area contributed by atoms with Gasteiger partial charge in [-0.05, 0) is 17.7 Å². The molecule has 4 nitrogen and oxygen atoms in total. The Morgan fingerprint density at radius 2 is 1.58 bits per heavy atom. The summed E-state index contributed by atoms with van der Waals surface area (Å²) in [6.07, 6.45) is 1.76. The van der Waals surface area contributed by atoms with E-state index in [-0.39, 0.29) is 6.04 Å². The van der Waals surface area contributed by atoms with Crippen LogP contribution in [0.5, 0.6) is 0 Å². The van der Waals surface area contributed by atoms with Crippen molar-refractivity contribution < 1.29 is 0 Å². The van der Waals surface area contributed by atoms with Crippen LogP contribution in [0.25, 0.3) is 11.0 Å². The van der Waals surface area contributed by atoms with Gasteiger partial charge < -0.3 is 0 Å². The van der Waals surface area contributed by atoms with E-state index in [1.165, 1.54) is 0 Å². The molecular weight excluding hydrogens is 236 g/mol. The number of hydrogen-bond donors (Lipinski definition) is 2. The maximum Gasteiger partial charge on any atom is 0.0897 e. The third-order valence-electron chi connectivity index (χ3n) is 3.06. The van der Waals surface area contributed by atoms with Crippen LogP contribution in [-0.2, 0) is 0 Å². The molecule has 0 saturated carbocycles. The summed E-state index contributed by atoms with van der Waals surface area (Å²) in [6.45, 7) is 0. The second-order valence-electron chi connectivity index (χ2n) is 4.29. The lowest BCUT2D eigenvalue weighted by atomic mass is 10.0. The smallest absolute Gasteiger partial charge is 0.0897 e. The van der Waals surface area contributed by atoms with Gasteiger partial charge in [-0.1, -0.05) is 42.5 Å². The van der Waals surface area contributed by atoms with Crippen LogP contribution in [0.3, 0.4) is 0 Å². The zero-order valence-electron chi connectivity index (χ0n) is 10.3. The molecule has 1 atom stereocenters. The molecule has 3 N–H and O–H groups in total. The average molecular weight is 250 g/mol. The summed E-state index contributed by atoms with van der Waals surface area (Å²) in [6, 6.07) is 17.6. The fourth-order valence-corrected chi connectivity index (χ4v) is 2.11. The van der Waals surface area contributed by atoms with E-state index in [4.69, 9.17) is 5.84 Å². The molecule has 2 aromatic carbocycles. The Hall–Kier alpha value is -2.30. The fraction of sp³-hybridized carbons (Fsp3) is 0.0667. The van der Waals surface area contributed by atoms with Gasteiger partial charge in [0.2, 0.25) is 0 Å². The highest BCUT2D eigenvalue weighted by molar-refractivity contribution is 5.73. The second kappa shape index (κ2) is 5.14. The maximum atomic E-state index is 5.66. The minimum Gasteiger partial charge on any atom is -0.271 e. The lowest BCUT2D eigenvalue weighted by molar-refractivity contribution is 0.620. The van der Waals surface area contributed by atoms with Gasteiger partial charge in [0.25, 0.3) is 0 Å². The van der Waals surface area contributed by atoms with Gasteiger partial charge in [-0.3, -0.25) is 10.8 Å². The number of hydrazine groups is 1. The molecule has 0 amide bonds. The number of aromatic nitrogens is 2. The first-order chi connectivity index (χ1) is 9.38. The number of nitrogens with zero attached hydrogens (tertiary/aromatic N) is 2. The summed E-state index contributed by atoms with van der Waals surface area (Å²) in [4.78, 5) is 9.04. The predicted molar refractivity (Wildman–Crippen MR) is 75.1 cm³/mol. The van der Waals surface area contributed by atoms with Gasteiger partial charge in [0.1, 0.15) is 0 Å². The van der Waals surface area contributed by atoms with E-state index in [0.29, 0.717) is 0 Å². The number of fused-ring (bicyclic) bond motifs is 1. The largest absolute Gasteiger partial charge is 0.271 e. The highest BCUT2D eigenvalue weighted by Gasteiger charge is 2.14. The molecule has 3 rings (SSSR count). The molecule has 94 valence electrons. The summed E-state index contributed by atoms with van der Waals surface area (Å²) in [5, 5.41) is 0. The molecule has 0 radical (unpaired) electrons. The van der Waals surface area contributed by atoms with Gasteiger partial charge in [0.05, 0.1) is 29.0 Å². The summed E-state index contributed by atoms with van der Waals surface area (Å²) in [7, 11) is 0. The summed E-state index contributed by atoms with van der Waals surface area (Å²) < 4.78 is 0. The van der Waals surface area contributed by atoms with Gasteiger partial charge in [0.15, 0.2) is 0 Å². The van der Waals surface area contributed by atoms with E-state index in [0.717, 1.165) is 22.3 Å². The lowest BCUT2D eigenvalue weighted by Gasteiger charge is -2.15. The van der Waals surface area contributed by atoms with Crippen LogP contribution in [0, 0.1) is 0 Å². The van der Waals surface area contributed by atoms with E-state index in [9.17, 15) is 0 Å². The van der Waals surface area contributed by atoms with E-state index >= 15 is 0 Å². The van der Waals surface area contributed by atoms with Gasteiger partial charge in [-0.2, -0.15) is 0 Å². The van der Waals surface area contributed by atoms with E-state index in [1.54, 1.807) is 6.20 Å². The van der Waals surface area contributed by atoms with Crippen molar-refractivity contribution in [1.29, 1.82) is 0 Å². The maximum absolute atomic E-state index is 5.66. The monoisotopic (exact) mass is 250 g/mol. The highest BCUT2D eigenvalue weighted by atomic mass is 15.2. The van der Waals surface area contributed by atoms with Gasteiger partial charge >= 0.3 is 0 Å². The fourth-order valence-electron chi connectivity index (χ4n) is 2.11. The van der Waals surface area contributed by atoms with Crippen molar-refractivity contribution in [2.75, 3.05) is 0 Å². The van der Waals surface area contributed by atoms with Gasteiger partial charge in [-0.25, -0.2) is 10.4 Å². The molecule has 19 heavy (non-hydrogen) atoms. The molecule has 0 aliphatic carbocycles. The number of hydrogen-bond acceptors (Lipinski definition) is 4. The van der Waals surface area contributed by atoms with Crippen molar-refractivity contribution in [3.63, 3.8) is 0 Å². The molecule has 3 aromatic rings. The Labute approximate surface area is 111 Å². The molecule has 1 unspecified atom stereocenters. The molecule has 0 bridgehead atoms.